The van der Waals surface area contributed by atoms with Crippen molar-refractivity contribution in [1.82, 2.24) is 0 Å². The Morgan fingerprint density at radius 1 is 1.30 bits per heavy atom. The largest absolute Gasteiger partial charge is 0.399 e. The second-order valence-corrected chi connectivity index (χ2v) is 5.55. The third-order valence-electron chi connectivity index (χ3n) is 3.42. The van der Waals surface area contributed by atoms with Crippen molar-refractivity contribution in [2.75, 3.05) is 17.2 Å². The summed E-state index contributed by atoms with van der Waals surface area (Å²) in [5, 5.41) is 0. The first kappa shape index (κ1) is 13.1. The third kappa shape index (κ3) is 2.08. The second-order valence-electron chi connectivity index (χ2n) is 4.69. The van der Waals surface area contributed by atoms with Crippen molar-refractivity contribution in [3.05, 3.63) is 57.8 Å². The van der Waals surface area contributed by atoms with Crippen LogP contribution >= 0.6 is 15.9 Å². The average molecular weight is 335 g/mol. The number of nitrogen functional groups attached to an aromatic ring is 1. The van der Waals surface area contributed by atoms with Crippen LogP contribution in [0.1, 0.15) is 15.9 Å². The van der Waals surface area contributed by atoms with Gasteiger partial charge in [0.15, 0.2) is 0 Å². The highest BCUT2D eigenvalue weighted by molar-refractivity contribution is 9.10. The number of carbonyl (C=O) groups excluding carboxylic acids is 1. The zero-order valence-corrected chi connectivity index (χ0v) is 12.2. The van der Waals surface area contributed by atoms with E-state index in [0.717, 1.165) is 17.7 Å². The highest BCUT2D eigenvalue weighted by Gasteiger charge is 2.28. The van der Waals surface area contributed by atoms with Crippen LogP contribution in [0.5, 0.6) is 0 Å². The van der Waals surface area contributed by atoms with Crippen molar-refractivity contribution in [3.8, 4) is 0 Å². The number of rotatable bonds is 1. The number of anilines is 2. The van der Waals surface area contributed by atoms with E-state index in [1.54, 1.807) is 23.1 Å². The zero-order valence-electron chi connectivity index (χ0n) is 10.6. The summed E-state index contributed by atoms with van der Waals surface area (Å²) in [5.41, 5.74) is 8.30. The topological polar surface area (TPSA) is 46.3 Å². The number of halogens is 2. The minimum atomic E-state index is -0.520. The summed E-state index contributed by atoms with van der Waals surface area (Å²) < 4.78 is 14.4. The Kier molecular flexibility index (Phi) is 3.22. The standard InChI is InChI=1S/C15H12BrFN2O/c16-11-2-1-3-12(17)14(11)15(20)19-7-6-9-8-10(18)4-5-13(9)19/h1-5,8H,6-7,18H2. The van der Waals surface area contributed by atoms with Crippen LogP contribution in [0.3, 0.4) is 0 Å². The van der Waals surface area contributed by atoms with Gasteiger partial charge in [-0.25, -0.2) is 4.39 Å². The summed E-state index contributed by atoms with van der Waals surface area (Å²) in [5.74, 6) is -0.855. The second kappa shape index (κ2) is 4.90. The molecule has 20 heavy (non-hydrogen) atoms. The molecular formula is C15H12BrFN2O. The van der Waals surface area contributed by atoms with E-state index in [1.165, 1.54) is 6.07 Å². The highest BCUT2D eigenvalue weighted by Crippen LogP contribution is 2.32. The molecule has 1 aliphatic heterocycles. The third-order valence-corrected chi connectivity index (χ3v) is 4.08. The fraction of sp³-hybridized carbons (Fsp3) is 0.133. The molecule has 2 aromatic carbocycles. The Balaban J connectivity index is 2.02. The normalized spacial score (nSPS) is 13.4. The van der Waals surface area contributed by atoms with Gasteiger partial charge in [0.1, 0.15) is 5.82 Å². The van der Waals surface area contributed by atoms with Gasteiger partial charge in [0.25, 0.3) is 5.91 Å². The predicted molar refractivity (Wildman–Crippen MR) is 80.3 cm³/mol. The Hall–Kier alpha value is -1.88. The molecule has 5 heteroatoms. The fourth-order valence-corrected chi connectivity index (χ4v) is 2.98. The van der Waals surface area contributed by atoms with Gasteiger partial charge in [-0.3, -0.25) is 4.79 Å². The molecule has 102 valence electrons. The quantitative estimate of drug-likeness (QED) is 0.812. The van der Waals surface area contributed by atoms with E-state index in [1.807, 2.05) is 12.1 Å². The van der Waals surface area contributed by atoms with Crippen LogP contribution in [0.25, 0.3) is 0 Å². The van der Waals surface area contributed by atoms with E-state index in [-0.39, 0.29) is 11.5 Å². The van der Waals surface area contributed by atoms with Gasteiger partial charge >= 0.3 is 0 Å². The number of hydrogen-bond acceptors (Lipinski definition) is 2. The molecule has 0 saturated carbocycles. The van der Waals surface area contributed by atoms with Gasteiger partial charge in [0.05, 0.1) is 5.56 Å². The molecule has 1 aliphatic rings. The van der Waals surface area contributed by atoms with Crippen LogP contribution in [0, 0.1) is 5.82 Å². The molecule has 0 saturated heterocycles. The smallest absolute Gasteiger partial charge is 0.262 e. The lowest BCUT2D eigenvalue weighted by Gasteiger charge is -2.18. The van der Waals surface area contributed by atoms with Crippen molar-refractivity contribution in [3.63, 3.8) is 0 Å². The first-order valence-corrected chi connectivity index (χ1v) is 7.01. The van der Waals surface area contributed by atoms with Gasteiger partial charge in [-0.15, -0.1) is 0 Å². The molecular weight excluding hydrogens is 323 g/mol. The summed E-state index contributed by atoms with van der Waals surface area (Å²) in [6, 6.07) is 9.94. The molecule has 0 radical (unpaired) electrons. The summed E-state index contributed by atoms with van der Waals surface area (Å²) in [6.07, 6.45) is 0.734. The summed E-state index contributed by atoms with van der Waals surface area (Å²) >= 11 is 3.24. The van der Waals surface area contributed by atoms with Gasteiger partial charge in [0, 0.05) is 22.4 Å². The van der Waals surface area contributed by atoms with Crippen molar-refractivity contribution in [2.24, 2.45) is 0 Å². The van der Waals surface area contributed by atoms with Crippen LogP contribution in [-0.4, -0.2) is 12.5 Å². The van der Waals surface area contributed by atoms with Crippen molar-refractivity contribution < 1.29 is 9.18 Å². The monoisotopic (exact) mass is 334 g/mol. The summed E-state index contributed by atoms with van der Waals surface area (Å²) in [6.45, 7) is 0.540. The zero-order chi connectivity index (χ0) is 14.3. The van der Waals surface area contributed by atoms with E-state index < -0.39 is 5.82 Å². The summed E-state index contributed by atoms with van der Waals surface area (Å²) in [4.78, 5) is 14.2. The molecule has 0 aliphatic carbocycles. The number of amides is 1. The van der Waals surface area contributed by atoms with E-state index in [9.17, 15) is 9.18 Å². The minimum absolute atomic E-state index is 0.0668. The van der Waals surface area contributed by atoms with Gasteiger partial charge < -0.3 is 10.6 Å². The minimum Gasteiger partial charge on any atom is -0.399 e. The van der Waals surface area contributed by atoms with Crippen LogP contribution in [-0.2, 0) is 6.42 Å². The van der Waals surface area contributed by atoms with E-state index in [2.05, 4.69) is 15.9 Å². The molecule has 1 amide bonds. The van der Waals surface area contributed by atoms with Crippen LogP contribution < -0.4 is 10.6 Å². The van der Waals surface area contributed by atoms with Crippen molar-refractivity contribution >= 4 is 33.2 Å². The van der Waals surface area contributed by atoms with Gasteiger partial charge in [-0.1, -0.05) is 6.07 Å². The molecule has 0 aromatic heterocycles. The van der Waals surface area contributed by atoms with Gasteiger partial charge in [0.2, 0.25) is 0 Å². The first-order chi connectivity index (χ1) is 9.58. The van der Waals surface area contributed by atoms with Crippen LogP contribution in [0.15, 0.2) is 40.9 Å². The lowest BCUT2D eigenvalue weighted by atomic mass is 10.1. The maximum atomic E-state index is 13.9. The lowest BCUT2D eigenvalue weighted by Crippen LogP contribution is -2.30. The number of carbonyl (C=O) groups is 1. The Morgan fingerprint density at radius 2 is 2.10 bits per heavy atom. The molecule has 0 atom stereocenters. The SMILES string of the molecule is Nc1ccc2c(c1)CCN2C(=O)c1c(F)cccc1Br. The van der Waals surface area contributed by atoms with Gasteiger partial charge in [-0.05, 0) is 58.2 Å². The summed E-state index contributed by atoms with van der Waals surface area (Å²) in [7, 11) is 0. The molecule has 2 N–H and O–H groups in total. The first-order valence-electron chi connectivity index (χ1n) is 6.22. The van der Waals surface area contributed by atoms with E-state index in [0.29, 0.717) is 16.7 Å². The maximum absolute atomic E-state index is 13.9. The molecule has 0 unspecified atom stereocenters. The van der Waals surface area contributed by atoms with E-state index >= 15 is 0 Å². The fourth-order valence-electron chi connectivity index (χ4n) is 2.47. The predicted octanol–water partition coefficient (Wildman–Crippen LogP) is 3.37. The number of benzene rings is 2. The van der Waals surface area contributed by atoms with Gasteiger partial charge in [-0.2, -0.15) is 0 Å². The Morgan fingerprint density at radius 3 is 2.85 bits per heavy atom. The molecule has 0 spiro atoms. The molecule has 3 nitrogen and oxygen atoms in total. The molecule has 2 aromatic rings. The number of hydrogen-bond donors (Lipinski definition) is 1. The maximum Gasteiger partial charge on any atom is 0.262 e. The van der Waals surface area contributed by atoms with E-state index in [4.69, 9.17) is 5.73 Å². The number of nitrogens with two attached hydrogens (primary N) is 1. The molecule has 3 rings (SSSR count). The number of nitrogens with zero attached hydrogens (tertiary/aromatic N) is 1. The average Bonchev–Trinajstić information content (AvgIpc) is 2.81. The van der Waals surface area contributed by atoms with Crippen LogP contribution in [0.2, 0.25) is 0 Å². The van der Waals surface area contributed by atoms with Crippen molar-refractivity contribution in [2.45, 2.75) is 6.42 Å². The van der Waals surface area contributed by atoms with Crippen molar-refractivity contribution in [1.29, 1.82) is 0 Å². The molecule has 1 heterocycles. The Labute approximate surface area is 124 Å². The Bertz CT molecular complexity index is 682. The highest BCUT2D eigenvalue weighted by atomic mass is 79.9. The lowest BCUT2D eigenvalue weighted by molar-refractivity contribution is 0.0984. The van der Waals surface area contributed by atoms with Crippen LogP contribution in [0.4, 0.5) is 15.8 Å². The number of fused-ring (bicyclic) bond motifs is 1. The molecule has 0 bridgehead atoms. The molecule has 0 fully saturated rings.